The summed E-state index contributed by atoms with van der Waals surface area (Å²) in [7, 11) is 0. The first-order chi connectivity index (χ1) is 11.6. The van der Waals surface area contributed by atoms with Gasteiger partial charge in [0.15, 0.2) is 0 Å². The number of esters is 1. The van der Waals surface area contributed by atoms with E-state index < -0.39 is 59.7 Å². The Morgan fingerprint density at radius 3 is 2.04 bits per heavy atom. The van der Waals surface area contributed by atoms with Crippen molar-refractivity contribution in [2.75, 3.05) is 31.3 Å². The Morgan fingerprint density at radius 1 is 1.08 bits per heavy atom. The van der Waals surface area contributed by atoms with Gasteiger partial charge >= 0.3 is 11.9 Å². The molecule has 14 nitrogen and oxygen atoms in total. The molecule has 142 valence electrons. The second-order valence-electron chi connectivity index (χ2n) is 4.39. The van der Waals surface area contributed by atoms with Crippen molar-refractivity contribution in [2.45, 2.75) is 6.04 Å². The van der Waals surface area contributed by atoms with Gasteiger partial charge in [-0.25, -0.2) is 4.79 Å². The first-order valence-electron chi connectivity index (χ1n) is 6.44. The van der Waals surface area contributed by atoms with E-state index in [1.807, 2.05) is 0 Å². The van der Waals surface area contributed by atoms with E-state index in [0.29, 0.717) is 0 Å². The van der Waals surface area contributed by atoms with Crippen LogP contribution in [-0.4, -0.2) is 70.4 Å². The third-order valence-corrected chi connectivity index (χ3v) is 3.42. The number of thioether (sulfide) groups is 1. The van der Waals surface area contributed by atoms with Crippen LogP contribution in [0.15, 0.2) is 0 Å². The number of Topliss-reactive ketones (excluding diaryl/α,β-unsaturated/α-hetero) is 1. The van der Waals surface area contributed by atoms with Gasteiger partial charge in [-0.05, 0) is 0 Å². The number of aliphatic carboxylic acids is 1. The van der Waals surface area contributed by atoms with E-state index in [9.17, 15) is 34.6 Å². The summed E-state index contributed by atoms with van der Waals surface area (Å²) in [5, 5.41) is 26.5. The highest BCUT2D eigenvalue weighted by Gasteiger charge is 2.21. The summed E-state index contributed by atoms with van der Waals surface area (Å²) in [4.78, 5) is 61.6. The lowest BCUT2D eigenvalue weighted by Gasteiger charge is -2.14. The molecule has 0 amide bonds. The molecule has 0 bridgehead atoms. The molecular formula is C10H15N3O11S. The Kier molecular flexibility index (Phi) is 10.5. The highest BCUT2D eigenvalue weighted by Crippen LogP contribution is 2.05. The lowest BCUT2D eigenvalue weighted by atomic mass is 10.2. The molecule has 25 heavy (non-hydrogen) atoms. The van der Waals surface area contributed by atoms with Gasteiger partial charge in [0.05, 0.1) is 12.4 Å². The van der Waals surface area contributed by atoms with Crippen molar-refractivity contribution in [3.05, 3.63) is 20.2 Å². The van der Waals surface area contributed by atoms with Gasteiger partial charge in [0.25, 0.3) is 10.2 Å². The first kappa shape index (κ1) is 22.3. The van der Waals surface area contributed by atoms with Gasteiger partial charge in [0, 0.05) is 11.7 Å². The topological polar surface area (TPSA) is 211 Å². The molecule has 3 N–H and O–H groups in total. The summed E-state index contributed by atoms with van der Waals surface area (Å²) in [6.45, 7) is -1.89. The third kappa shape index (κ3) is 11.5. The van der Waals surface area contributed by atoms with E-state index in [1.54, 1.807) is 0 Å². The number of nitrogens with two attached hydrogens (primary N) is 1. The predicted octanol–water partition coefficient (Wildman–Crippen LogP) is -1.72. The van der Waals surface area contributed by atoms with Gasteiger partial charge in [0.1, 0.15) is 19.3 Å². The first-order valence-corrected chi connectivity index (χ1v) is 7.59. The molecule has 0 aliphatic carbocycles. The quantitative estimate of drug-likeness (QED) is 0.147. The van der Waals surface area contributed by atoms with Crippen LogP contribution in [-0.2, 0) is 28.8 Å². The van der Waals surface area contributed by atoms with Crippen molar-refractivity contribution in [2.24, 2.45) is 11.7 Å². The van der Waals surface area contributed by atoms with Crippen LogP contribution in [0.2, 0.25) is 0 Å². The van der Waals surface area contributed by atoms with Crippen LogP contribution in [0.3, 0.4) is 0 Å². The SMILES string of the molecule is N[C@@H](CSCC(=O)C(=O)OCC(CO[N+](=O)[O-])CO[N+](=O)[O-])C(=O)O. The van der Waals surface area contributed by atoms with Crippen molar-refractivity contribution in [3.8, 4) is 0 Å². The van der Waals surface area contributed by atoms with Crippen LogP contribution in [0.5, 0.6) is 0 Å². The number of carbonyl (C=O) groups is 3. The molecule has 0 spiro atoms. The molecule has 0 unspecified atom stereocenters. The lowest BCUT2D eigenvalue weighted by molar-refractivity contribution is -0.768. The van der Waals surface area contributed by atoms with Crippen LogP contribution < -0.4 is 5.73 Å². The molecule has 0 aromatic rings. The van der Waals surface area contributed by atoms with E-state index in [4.69, 9.17) is 10.8 Å². The fourth-order valence-electron chi connectivity index (χ4n) is 1.16. The number of ketones is 1. The minimum absolute atomic E-state index is 0.107. The summed E-state index contributed by atoms with van der Waals surface area (Å²) < 4.78 is 4.58. The van der Waals surface area contributed by atoms with Crippen molar-refractivity contribution >= 4 is 29.5 Å². The molecule has 0 aromatic carbocycles. The largest absolute Gasteiger partial charge is 0.480 e. The molecular weight excluding hydrogens is 370 g/mol. The van der Waals surface area contributed by atoms with Crippen LogP contribution in [0.4, 0.5) is 0 Å². The van der Waals surface area contributed by atoms with E-state index in [1.165, 1.54) is 0 Å². The van der Waals surface area contributed by atoms with Crippen molar-refractivity contribution < 1.29 is 44.1 Å². The maximum Gasteiger partial charge on any atom is 0.375 e. The Bertz CT molecular complexity index is 496. The molecule has 0 fully saturated rings. The van der Waals surface area contributed by atoms with Crippen LogP contribution in [0.1, 0.15) is 0 Å². The molecule has 0 aliphatic rings. The summed E-state index contributed by atoms with van der Waals surface area (Å²) in [6, 6.07) is -1.20. The van der Waals surface area contributed by atoms with Gasteiger partial charge in [-0.3, -0.25) is 9.59 Å². The number of carboxylic acids is 1. The monoisotopic (exact) mass is 385 g/mol. The number of hydrogen-bond donors (Lipinski definition) is 2. The van der Waals surface area contributed by atoms with E-state index in [-0.39, 0.29) is 11.5 Å². The molecule has 0 radical (unpaired) electrons. The smallest absolute Gasteiger partial charge is 0.375 e. The molecule has 15 heteroatoms. The summed E-state index contributed by atoms with van der Waals surface area (Å²) in [6.07, 6.45) is 0. The van der Waals surface area contributed by atoms with E-state index >= 15 is 0 Å². The number of carboxylic acid groups (broad SMARTS) is 1. The maximum atomic E-state index is 11.5. The average Bonchev–Trinajstić information content (AvgIpc) is 2.52. The summed E-state index contributed by atoms with van der Waals surface area (Å²) >= 11 is 0.805. The van der Waals surface area contributed by atoms with E-state index in [2.05, 4.69) is 14.4 Å². The Morgan fingerprint density at radius 2 is 1.60 bits per heavy atom. The molecule has 0 saturated carbocycles. The van der Waals surface area contributed by atoms with Gasteiger partial charge in [-0.15, -0.1) is 20.2 Å². The van der Waals surface area contributed by atoms with Gasteiger partial charge in [-0.1, -0.05) is 0 Å². The van der Waals surface area contributed by atoms with Crippen molar-refractivity contribution in [1.29, 1.82) is 0 Å². The minimum atomic E-state index is -1.29. The van der Waals surface area contributed by atoms with Crippen LogP contribution in [0, 0.1) is 26.1 Å². The van der Waals surface area contributed by atoms with Gasteiger partial charge in [-0.2, -0.15) is 11.8 Å². The molecule has 0 rings (SSSR count). The van der Waals surface area contributed by atoms with Crippen LogP contribution >= 0.6 is 11.8 Å². The third-order valence-electron chi connectivity index (χ3n) is 2.36. The minimum Gasteiger partial charge on any atom is -0.480 e. The lowest BCUT2D eigenvalue weighted by Crippen LogP contribution is -2.33. The fraction of sp³-hybridized carbons (Fsp3) is 0.700. The molecule has 0 heterocycles. The molecule has 0 saturated heterocycles. The Labute approximate surface area is 143 Å². The number of ether oxygens (including phenoxy) is 1. The zero-order valence-electron chi connectivity index (χ0n) is 12.6. The number of carbonyl (C=O) groups excluding carboxylic acids is 2. The number of hydrogen-bond acceptors (Lipinski definition) is 12. The zero-order valence-corrected chi connectivity index (χ0v) is 13.4. The highest BCUT2D eigenvalue weighted by atomic mass is 32.2. The summed E-state index contributed by atoms with van der Waals surface area (Å²) in [5.74, 6) is -5.09. The number of nitrogens with zero attached hydrogens (tertiary/aromatic N) is 2. The second-order valence-corrected chi connectivity index (χ2v) is 5.42. The maximum absolute atomic E-state index is 11.5. The standard InChI is InChI=1S/C10H15N3O11S/c11-7(9(15)16)4-25-5-8(14)10(17)22-1-6(2-23-12(18)19)3-24-13(20)21/h6-7H,1-5,11H2,(H,15,16)/t7-/m0/s1. The second kappa shape index (κ2) is 11.8. The Hall–Kier alpha value is -2.68. The molecule has 0 aliphatic heterocycles. The van der Waals surface area contributed by atoms with Gasteiger partial charge < -0.3 is 25.3 Å². The fourth-order valence-corrected chi connectivity index (χ4v) is 1.98. The van der Waals surface area contributed by atoms with E-state index in [0.717, 1.165) is 11.8 Å². The predicted molar refractivity (Wildman–Crippen MR) is 78.3 cm³/mol. The van der Waals surface area contributed by atoms with Crippen molar-refractivity contribution in [3.63, 3.8) is 0 Å². The Balaban J connectivity index is 4.28. The molecule has 0 aromatic heterocycles. The molecule has 1 atom stereocenters. The van der Waals surface area contributed by atoms with Crippen molar-refractivity contribution in [1.82, 2.24) is 0 Å². The average molecular weight is 385 g/mol. The van der Waals surface area contributed by atoms with Gasteiger partial charge in [0.2, 0.25) is 5.78 Å². The van der Waals surface area contributed by atoms with Crippen LogP contribution in [0.25, 0.3) is 0 Å². The summed E-state index contributed by atoms with van der Waals surface area (Å²) in [5.41, 5.74) is 5.21. The zero-order chi connectivity index (χ0) is 19.4. The highest BCUT2D eigenvalue weighted by molar-refractivity contribution is 8.00. The number of rotatable bonds is 14. The normalized spacial score (nSPS) is 11.4.